The fourth-order valence-corrected chi connectivity index (χ4v) is 4.50. The summed E-state index contributed by atoms with van der Waals surface area (Å²) in [4.78, 5) is 4.98. The first-order valence-corrected chi connectivity index (χ1v) is 9.11. The summed E-state index contributed by atoms with van der Waals surface area (Å²) in [6, 6.07) is 0.497. The lowest BCUT2D eigenvalue weighted by Crippen LogP contribution is -2.39. The van der Waals surface area contributed by atoms with Crippen LogP contribution in [0.3, 0.4) is 0 Å². The summed E-state index contributed by atoms with van der Waals surface area (Å²) in [6.45, 7) is 7.64. The van der Waals surface area contributed by atoms with Crippen LogP contribution in [-0.4, -0.2) is 28.7 Å². The first-order chi connectivity index (χ1) is 10.7. The Morgan fingerprint density at radius 3 is 2.91 bits per heavy atom. The molecule has 0 saturated carbocycles. The fraction of sp³-hybridized carbons (Fsp3) is 0.588. The summed E-state index contributed by atoms with van der Waals surface area (Å²) in [6.07, 6.45) is 4.81. The van der Waals surface area contributed by atoms with Gasteiger partial charge in [0.15, 0.2) is 0 Å². The van der Waals surface area contributed by atoms with Gasteiger partial charge in [0, 0.05) is 23.6 Å². The molecule has 1 atom stereocenters. The third-order valence-electron chi connectivity index (χ3n) is 5.20. The molecule has 1 aromatic heterocycles. The van der Waals surface area contributed by atoms with E-state index >= 15 is 0 Å². The Hall–Kier alpha value is -1.07. The monoisotopic (exact) mass is 362 g/mol. The van der Waals surface area contributed by atoms with Gasteiger partial charge in [-0.3, -0.25) is 0 Å². The van der Waals surface area contributed by atoms with E-state index in [4.69, 9.17) is 4.98 Å². The van der Waals surface area contributed by atoms with Crippen molar-refractivity contribution < 1.29 is 0 Å². The Morgan fingerprint density at radius 2 is 2.14 bits per heavy atom. The molecule has 2 N–H and O–H groups in total. The van der Waals surface area contributed by atoms with Gasteiger partial charge in [-0.15, -0.1) is 0 Å². The molecule has 2 aliphatic heterocycles. The van der Waals surface area contributed by atoms with Crippen molar-refractivity contribution in [2.45, 2.75) is 52.1 Å². The van der Waals surface area contributed by atoms with E-state index in [2.05, 4.69) is 45.0 Å². The minimum atomic E-state index is 0.497. The van der Waals surface area contributed by atoms with Crippen LogP contribution in [0.15, 0.2) is 4.47 Å². The number of hydrogen-bond donors (Lipinski definition) is 2. The molecule has 1 aromatic carbocycles. The molecule has 0 aliphatic carbocycles. The second kappa shape index (κ2) is 5.53. The van der Waals surface area contributed by atoms with Crippen LogP contribution < -0.4 is 10.6 Å². The molecule has 0 spiro atoms. The molecular formula is C17H23BrN4. The summed E-state index contributed by atoms with van der Waals surface area (Å²) < 4.78 is 3.68. The molecule has 2 aromatic rings. The summed E-state index contributed by atoms with van der Waals surface area (Å²) >= 11 is 3.82. The van der Waals surface area contributed by atoms with Gasteiger partial charge in [0.05, 0.1) is 11.0 Å². The zero-order valence-corrected chi connectivity index (χ0v) is 14.9. The Kier molecular flexibility index (Phi) is 3.65. The van der Waals surface area contributed by atoms with E-state index in [0.29, 0.717) is 6.04 Å². The van der Waals surface area contributed by atoms with Crippen LogP contribution in [0.4, 0.5) is 5.95 Å². The highest BCUT2D eigenvalue weighted by atomic mass is 79.9. The number of imidazole rings is 1. The first-order valence-electron chi connectivity index (χ1n) is 8.32. The highest BCUT2D eigenvalue weighted by Crippen LogP contribution is 2.38. The number of benzene rings is 1. The minimum absolute atomic E-state index is 0.497. The molecule has 3 heterocycles. The number of aryl methyl sites for hydroxylation is 3. The zero-order valence-electron chi connectivity index (χ0n) is 13.3. The van der Waals surface area contributed by atoms with E-state index in [9.17, 15) is 0 Å². The van der Waals surface area contributed by atoms with Gasteiger partial charge in [-0.05, 0) is 62.8 Å². The molecule has 4 nitrogen and oxygen atoms in total. The minimum Gasteiger partial charge on any atom is -0.352 e. The van der Waals surface area contributed by atoms with Crippen LogP contribution in [0.1, 0.15) is 36.0 Å². The van der Waals surface area contributed by atoms with Crippen molar-refractivity contribution in [3.05, 3.63) is 21.2 Å². The molecule has 22 heavy (non-hydrogen) atoms. The van der Waals surface area contributed by atoms with Crippen LogP contribution in [0.5, 0.6) is 0 Å². The van der Waals surface area contributed by atoms with Crippen molar-refractivity contribution in [3.63, 3.8) is 0 Å². The second-order valence-electron chi connectivity index (χ2n) is 6.62. The molecule has 1 saturated heterocycles. The number of piperidine rings is 1. The third-order valence-corrected chi connectivity index (χ3v) is 6.28. The maximum absolute atomic E-state index is 4.98. The van der Waals surface area contributed by atoms with E-state index in [1.165, 1.54) is 51.5 Å². The standard InChI is InChI=1S/C17H23BrN4/c1-10-11(2)15-16-13(14(10)18)6-4-8-22(16)17(21-15)20-12-5-3-7-19-9-12/h12,19H,3-9H2,1-2H3,(H,20,21)/t12-/m1/s1. The van der Waals surface area contributed by atoms with Gasteiger partial charge in [0.1, 0.15) is 0 Å². The lowest BCUT2D eigenvalue weighted by atomic mass is 9.98. The van der Waals surface area contributed by atoms with Crippen molar-refractivity contribution in [2.24, 2.45) is 0 Å². The molecule has 4 rings (SSSR count). The van der Waals surface area contributed by atoms with Crippen LogP contribution in [-0.2, 0) is 13.0 Å². The number of halogens is 1. The van der Waals surface area contributed by atoms with Crippen LogP contribution in [0.25, 0.3) is 11.0 Å². The largest absolute Gasteiger partial charge is 0.352 e. The van der Waals surface area contributed by atoms with Gasteiger partial charge in [0.2, 0.25) is 5.95 Å². The van der Waals surface area contributed by atoms with E-state index in [-0.39, 0.29) is 0 Å². The van der Waals surface area contributed by atoms with E-state index in [0.717, 1.165) is 32.0 Å². The number of hydrogen-bond acceptors (Lipinski definition) is 3. The van der Waals surface area contributed by atoms with E-state index in [1.807, 2.05) is 0 Å². The summed E-state index contributed by atoms with van der Waals surface area (Å²) in [5.41, 5.74) is 6.59. The van der Waals surface area contributed by atoms with Gasteiger partial charge >= 0.3 is 0 Å². The molecule has 0 radical (unpaired) electrons. The van der Waals surface area contributed by atoms with E-state index in [1.54, 1.807) is 0 Å². The second-order valence-corrected chi connectivity index (χ2v) is 7.41. The van der Waals surface area contributed by atoms with Crippen LogP contribution in [0, 0.1) is 13.8 Å². The molecule has 0 bridgehead atoms. The van der Waals surface area contributed by atoms with Crippen LogP contribution >= 0.6 is 15.9 Å². The quantitative estimate of drug-likeness (QED) is 0.858. The number of nitrogens with one attached hydrogen (secondary N) is 2. The maximum Gasteiger partial charge on any atom is 0.204 e. The normalized spacial score (nSPS) is 21.3. The fourth-order valence-electron chi connectivity index (χ4n) is 3.82. The van der Waals surface area contributed by atoms with Crippen molar-refractivity contribution in [1.82, 2.24) is 14.9 Å². The molecule has 1 fully saturated rings. The Morgan fingerprint density at radius 1 is 1.27 bits per heavy atom. The molecule has 118 valence electrons. The number of anilines is 1. The van der Waals surface area contributed by atoms with E-state index < -0.39 is 0 Å². The topological polar surface area (TPSA) is 41.9 Å². The number of rotatable bonds is 2. The van der Waals surface area contributed by atoms with Crippen LogP contribution in [0.2, 0.25) is 0 Å². The third kappa shape index (κ3) is 2.17. The highest BCUT2D eigenvalue weighted by molar-refractivity contribution is 9.10. The lowest BCUT2D eigenvalue weighted by molar-refractivity contribution is 0.475. The molecule has 0 unspecified atom stereocenters. The molecule has 2 aliphatic rings. The lowest BCUT2D eigenvalue weighted by Gasteiger charge is -2.25. The van der Waals surface area contributed by atoms with Gasteiger partial charge in [0.25, 0.3) is 0 Å². The first kappa shape index (κ1) is 14.5. The van der Waals surface area contributed by atoms with Gasteiger partial charge < -0.3 is 15.2 Å². The SMILES string of the molecule is Cc1c(Br)c2c3c(nc(N[C@@H]4CCCNC4)n3CCC2)c1C. The Balaban J connectivity index is 1.83. The zero-order chi connectivity index (χ0) is 15.3. The Bertz CT molecular complexity index is 728. The Labute approximate surface area is 139 Å². The van der Waals surface area contributed by atoms with Gasteiger partial charge in [-0.1, -0.05) is 15.9 Å². The smallest absolute Gasteiger partial charge is 0.204 e. The van der Waals surface area contributed by atoms with Crippen molar-refractivity contribution in [1.29, 1.82) is 0 Å². The summed E-state index contributed by atoms with van der Waals surface area (Å²) in [7, 11) is 0. The number of nitrogens with zero attached hydrogens (tertiary/aromatic N) is 2. The predicted molar refractivity (Wildman–Crippen MR) is 94.7 cm³/mol. The average molecular weight is 363 g/mol. The van der Waals surface area contributed by atoms with Gasteiger partial charge in [-0.2, -0.15) is 0 Å². The summed E-state index contributed by atoms with van der Waals surface area (Å²) in [5, 5.41) is 7.17. The molecule has 5 heteroatoms. The van der Waals surface area contributed by atoms with Crippen molar-refractivity contribution in [2.75, 3.05) is 18.4 Å². The summed E-state index contributed by atoms with van der Waals surface area (Å²) in [5.74, 6) is 1.06. The van der Waals surface area contributed by atoms with Gasteiger partial charge in [-0.25, -0.2) is 4.98 Å². The maximum atomic E-state index is 4.98. The van der Waals surface area contributed by atoms with Crippen molar-refractivity contribution in [3.8, 4) is 0 Å². The molecule has 0 amide bonds. The predicted octanol–water partition coefficient (Wildman–Crippen LogP) is 3.53. The average Bonchev–Trinajstić information content (AvgIpc) is 2.91. The molecular weight excluding hydrogens is 340 g/mol. The van der Waals surface area contributed by atoms with Crippen molar-refractivity contribution >= 4 is 32.9 Å². The number of aromatic nitrogens is 2. The highest BCUT2D eigenvalue weighted by Gasteiger charge is 2.25.